The van der Waals surface area contributed by atoms with E-state index in [1.807, 2.05) is 0 Å². The van der Waals surface area contributed by atoms with Gasteiger partial charge in [-0.1, -0.05) is 5.16 Å². The summed E-state index contributed by atoms with van der Waals surface area (Å²) in [6, 6.07) is 3.32. The number of amides is 2. The summed E-state index contributed by atoms with van der Waals surface area (Å²) >= 11 is 0. The van der Waals surface area contributed by atoms with Gasteiger partial charge in [-0.2, -0.15) is 0 Å². The molecule has 1 fully saturated rings. The van der Waals surface area contributed by atoms with Crippen LogP contribution in [-0.2, 0) is 4.79 Å². The number of likely N-dealkylation sites (tertiary alicyclic amines) is 1. The summed E-state index contributed by atoms with van der Waals surface area (Å²) in [6.45, 7) is 2.88. The van der Waals surface area contributed by atoms with Gasteiger partial charge in [-0.3, -0.25) is 9.59 Å². The van der Waals surface area contributed by atoms with Crippen molar-refractivity contribution in [2.75, 3.05) is 18.4 Å². The van der Waals surface area contributed by atoms with Crippen molar-refractivity contribution in [2.24, 2.45) is 5.92 Å². The van der Waals surface area contributed by atoms with E-state index in [0.29, 0.717) is 43.1 Å². The van der Waals surface area contributed by atoms with Crippen molar-refractivity contribution in [2.45, 2.75) is 19.8 Å². The van der Waals surface area contributed by atoms with Crippen LogP contribution in [0.5, 0.6) is 0 Å². The quantitative estimate of drug-likeness (QED) is 0.937. The molecule has 0 aromatic carbocycles. The Labute approximate surface area is 127 Å². The number of furan rings is 1. The van der Waals surface area contributed by atoms with Gasteiger partial charge in [0.25, 0.3) is 5.91 Å². The number of hydrogen-bond acceptors (Lipinski definition) is 5. The highest BCUT2D eigenvalue weighted by atomic mass is 16.5. The second kappa shape index (κ2) is 6.05. The predicted molar refractivity (Wildman–Crippen MR) is 77.2 cm³/mol. The van der Waals surface area contributed by atoms with Gasteiger partial charge < -0.3 is 19.2 Å². The van der Waals surface area contributed by atoms with Gasteiger partial charge in [0.2, 0.25) is 5.91 Å². The fourth-order valence-corrected chi connectivity index (χ4v) is 2.57. The van der Waals surface area contributed by atoms with Crippen LogP contribution in [0.3, 0.4) is 0 Å². The molecule has 22 heavy (non-hydrogen) atoms. The lowest BCUT2D eigenvalue weighted by Crippen LogP contribution is -2.41. The number of aryl methyl sites for hydroxylation is 1. The van der Waals surface area contributed by atoms with E-state index in [2.05, 4.69) is 10.5 Å². The average Bonchev–Trinajstić information content (AvgIpc) is 3.18. The monoisotopic (exact) mass is 303 g/mol. The number of aromatic nitrogens is 1. The maximum atomic E-state index is 12.2. The molecule has 2 aromatic rings. The van der Waals surface area contributed by atoms with Crippen molar-refractivity contribution >= 4 is 17.6 Å². The zero-order valence-corrected chi connectivity index (χ0v) is 12.2. The number of nitrogens with one attached hydrogen (secondary N) is 1. The van der Waals surface area contributed by atoms with Gasteiger partial charge in [0.1, 0.15) is 12.0 Å². The molecule has 0 unspecified atom stereocenters. The van der Waals surface area contributed by atoms with Gasteiger partial charge in [-0.05, 0) is 25.8 Å². The van der Waals surface area contributed by atoms with Crippen molar-refractivity contribution in [3.63, 3.8) is 0 Å². The maximum Gasteiger partial charge on any atom is 0.257 e. The van der Waals surface area contributed by atoms with Crippen molar-refractivity contribution < 1.29 is 18.5 Å². The fraction of sp³-hybridized carbons (Fsp3) is 0.400. The Morgan fingerprint density at radius 3 is 2.73 bits per heavy atom. The second-order valence-electron chi connectivity index (χ2n) is 5.39. The summed E-state index contributed by atoms with van der Waals surface area (Å²) in [5.41, 5.74) is 0.543. The molecule has 0 saturated carbocycles. The molecule has 0 spiro atoms. The minimum Gasteiger partial charge on any atom is -0.472 e. The number of rotatable bonds is 3. The van der Waals surface area contributed by atoms with Crippen molar-refractivity contribution in [1.29, 1.82) is 0 Å². The highest BCUT2D eigenvalue weighted by Crippen LogP contribution is 2.21. The zero-order chi connectivity index (χ0) is 15.5. The van der Waals surface area contributed by atoms with Crippen LogP contribution < -0.4 is 5.32 Å². The Morgan fingerprint density at radius 1 is 1.36 bits per heavy atom. The van der Waals surface area contributed by atoms with E-state index in [1.165, 1.54) is 12.5 Å². The lowest BCUT2D eigenvalue weighted by Gasteiger charge is -2.30. The van der Waals surface area contributed by atoms with Gasteiger partial charge in [-0.15, -0.1) is 0 Å². The molecule has 1 N–H and O–H groups in total. The molecule has 0 aliphatic carbocycles. The highest BCUT2D eigenvalue weighted by molar-refractivity contribution is 5.94. The molecular formula is C15H17N3O4. The summed E-state index contributed by atoms with van der Waals surface area (Å²) in [4.78, 5) is 26.1. The molecule has 1 saturated heterocycles. The number of nitrogens with zero attached hydrogens (tertiary/aromatic N) is 2. The third-order valence-electron chi connectivity index (χ3n) is 3.80. The minimum absolute atomic E-state index is 0.0558. The molecule has 116 valence electrons. The standard InChI is InChI=1S/C15H17N3O4/c1-10-8-13(17-22-10)16-14(19)11-2-5-18(6-3-11)15(20)12-4-7-21-9-12/h4,7-9,11H,2-3,5-6H2,1H3,(H,16,17,19). The first-order valence-electron chi connectivity index (χ1n) is 7.19. The molecular weight excluding hydrogens is 286 g/mol. The summed E-state index contributed by atoms with van der Waals surface area (Å²) < 4.78 is 9.84. The summed E-state index contributed by atoms with van der Waals surface area (Å²) in [5, 5.41) is 6.49. The highest BCUT2D eigenvalue weighted by Gasteiger charge is 2.28. The normalized spacial score (nSPS) is 15.8. The van der Waals surface area contributed by atoms with Crippen LogP contribution in [0.2, 0.25) is 0 Å². The molecule has 7 heteroatoms. The molecule has 1 aliphatic rings. The van der Waals surface area contributed by atoms with E-state index in [0.717, 1.165) is 0 Å². The molecule has 0 atom stereocenters. The number of piperidine rings is 1. The van der Waals surface area contributed by atoms with Gasteiger partial charge in [-0.25, -0.2) is 0 Å². The van der Waals surface area contributed by atoms with Crippen molar-refractivity contribution in [3.8, 4) is 0 Å². The van der Waals surface area contributed by atoms with Crippen LogP contribution in [0, 0.1) is 12.8 Å². The van der Waals surface area contributed by atoms with Gasteiger partial charge in [0.05, 0.1) is 11.8 Å². The number of carbonyl (C=O) groups is 2. The van der Waals surface area contributed by atoms with Gasteiger partial charge in [0.15, 0.2) is 5.82 Å². The largest absolute Gasteiger partial charge is 0.472 e. The molecule has 7 nitrogen and oxygen atoms in total. The molecule has 0 radical (unpaired) electrons. The van der Waals surface area contributed by atoms with Gasteiger partial charge in [0, 0.05) is 25.1 Å². The lowest BCUT2D eigenvalue weighted by molar-refractivity contribution is -0.121. The Hall–Kier alpha value is -2.57. The first-order chi connectivity index (χ1) is 10.6. The number of anilines is 1. The number of hydrogen-bond donors (Lipinski definition) is 1. The average molecular weight is 303 g/mol. The van der Waals surface area contributed by atoms with Crippen LogP contribution in [0.4, 0.5) is 5.82 Å². The Kier molecular flexibility index (Phi) is 3.95. The smallest absolute Gasteiger partial charge is 0.257 e. The maximum absolute atomic E-state index is 12.2. The van der Waals surface area contributed by atoms with Crippen LogP contribution in [0.25, 0.3) is 0 Å². The summed E-state index contributed by atoms with van der Waals surface area (Å²) in [5.74, 6) is 0.823. The second-order valence-corrected chi connectivity index (χ2v) is 5.39. The SMILES string of the molecule is Cc1cc(NC(=O)C2CCN(C(=O)c3ccoc3)CC2)no1. The van der Waals surface area contributed by atoms with Crippen LogP contribution in [-0.4, -0.2) is 35.0 Å². The van der Waals surface area contributed by atoms with Crippen LogP contribution >= 0.6 is 0 Å². The molecule has 1 aliphatic heterocycles. The fourth-order valence-electron chi connectivity index (χ4n) is 2.57. The minimum atomic E-state index is -0.120. The van der Waals surface area contributed by atoms with E-state index in [-0.39, 0.29) is 17.7 Å². The van der Waals surface area contributed by atoms with Crippen LogP contribution in [0.15, 0.2) is 33.6 Å². The van der Waals surface area contributed by atoms with Gasteiger partial charge >= 0.3 is 0 Å². The molecule has 3 heterocycles. The summed E-state index contributed by atoms with van der Waals surface area (Å²) in [7, 11) is 0. The Balaban J connectivity index is 1.53. The van der Waals surface area contributed by atoms with E-state index < -0.39 is 0 Å². The van der Waals surface area contributed by atoms with Crippen molar-refractivity contribution in [3.05, 3.63) is 36.0 Å². The third kappa shape index (κ3) is 3.03. The van der Waals surface area contributed by atoms with Crippen molar-refractivity contribution in [1.82, 2.24) is 10.1 Å². The lowest BCUT2D eigenvalue weighted by atomic mass is 9.95. The predicted octanol–water partition coefficient (Wildman–Crippen LogP) is 2.07. The molecule has 2 amide bonds. The van der Waals surface area contributed by atoms with E-state index in [1.54, 1.807) is 24.0 Å². The first-order valence-corrected chi connectivity index (χ1v) is 7.19. The topological polar surface area (TPSA) is 88.6 Å². The molecule has 2 aromatic heterocycles. The van der Waals surface area contributed by atoms with E-state index in [9.17, 15) is 9.59 Å². The number of carbonyl (C=O) groups excluding carboxylic acids is 2. The van der Waals surface area contributed by atoms with Crippen LogP contribution in [0.1, 0.15) is 29.0 Å². The van der Waals surface area contributed by atoms with E-state index in [4.69, 9.17) is 8.94 Å². The molecule has 3 rings (SSSR count). The Bertz CT molecular complexity index is 654. The zero-order valence-electron chi connectivity index (χ0n) is 12.2. The third-order valence-corrected chi connectivity index (χ3v) is 3.80. The molecule has 0 bridgehead atoms. The Morgan fingerprint density at radius 2 is 2.14 bits per heavy atom. The van der Waals surface area contributed by atoms with E-state index >= 15 is 0 Å². The first kappa shape index (κ1) is 14.4. The summed E-state index contributed by atoms with van der Waals surface area (Å²) in [6.07, 6.45) is 4.18.